The van der Waals surface area contributed by atoms with E-state index < -0.39 is 11.5 Å². The Bertz CT molecular complexity index is 737. The number of hydrogen-bond acceptors (Lipinski definition) is 2. The third-order valence-corrected chi connectivity index (χ3v) is 4.53. The van der Waals surface area contributed by atoms with Crippen LogP contribution in [0, 0.1) is 0 Å². The summed E-state index contributed by atoms with van der Waals surface area (Å²) in [4.78, 5) is 23.6. The molecule has 0 aromatic heterocycles. The second-order valence-corrected chi connectivity index (χ2v) is 6.32. The number of benzene rings is 2. The number of fused-ring (bicyclic) bond motifs is 1. The van der Waals surface area contributed by atoms with E-state index in [4.69, 9.17) is 0 Å². The van der Waals surface area contributed by atoms with E-state index in [1.807, 2.05) is 24.3 Å². The third-order valence-electron chi connectivity index (χ3n) is 4.03. The van der Waals surface area contributed by atoms with Gasteiger partial charge in [-0.15, -0.1) is 0 Å². The molecule has 3 rings (SSSR count). The van der Waals surface area contributed by atoms with E-state index in [2.05, 4.69) is 21.2 Å². The molecule has 2 aromatic carbocycles. The maximum atomic E-state index is 12.3. The van der Waals surface area contributed by atoms with E-state index in [0.29, 0.717) is 18.4 Å². The minimum atomic E-state index is -1.08. The highest BCUT2D eigenvalue weighted by molar-refractivity contribution is 9.10. The topological polar surface area (TPSA) is 66.4 Å². The Hall–Kier alpha value is -1.88. The zero-order valence-corrected chi connectivity index (χ0v) is 12.8. The molecule has 1 fully saturated rings. The number of aliphatic carboxylic acids is 1. The summed E-state index contributed by atoms with van der Waals surface area (Å²) in [5, 5.41) is 13.9. The summed E-state index contributed by atoms with van der Waals surface area (Å²) >= 11 is 3.41. The van der Waals surface area contributed by atoms with Crippen LogP contribution >= 0.6 is 15.9 Å². The van der Waals surface area contributed by atoms with E-state index >= 15 is 0 Å². The molecule has 0 heterocycles. The molecule has 2 aromatic rings. The number of halogens is 1. The highest BCUT2D eigenvalue weighted by atomic mass is 79.9. The number of carbonyl (C=O) groups excluding carboxylic acids is 1. The fraction of sp³-hybridized carbons (Fsp3) is 0.250. The van der Waals surface area contributed by atoms with Crippen molar-refractivity contribution in [2.45, 2.75) is 24.8 Å². The molecule has 0 saturated heterocycles. The van der Waals surface area contributed by atoms with E-state index in [1.165, 1.54) is 0 Å². The predicted octanol–water partition coefficient (Wildman–Crippen LogP) is 3.34. The van der Waals surface area contributed by atoms with Gasteiger partial charge in [0.2, 0.25) is 0 Å². The number of nitrogens with one attached hydrogen (secondary N) is 1. The third kappa shape index (κ3) is 2.53. The Morgan fingerprint density at radius 1 is 1.10 bits per heavy atom. The number of amides is 1. The van der Waals surface area contributed by atoms with Gasteiger partial charge < -0.3 is 10.4 Å². The van der Waals surface area contributed by atoms with Gasteiger partial charge in [-0.2, -0.15) is 0 Å². The first-order valence-electron chi connectivity index (χ1n) is 6.75. The maximum Gasteiger partial charge on any atom is 0.329 e. The molecule has 21 heavy (non-hydrogen) atoms. The van der Waals surface area contributed by atoms with E-state index in [-0.39, 0.29) is 5.91 Å². The van der Waals surface area contributed by atoms with Gasteiger partial charge in [0, 0.05) is 10.0 Å². The van der Waals surface area contributed by atoms with Crippen molar-refractivity contribution in [2.75, 3.05) is 0 Å². The van der Waals surface area contributed by atoms with Gasteiger partial charge in [0.25, 0.3) is 5.91 Å². The van der Waals surface area contributed by atoms with Crippen LogP contribution in [0.4, 0.5) is 0 Å². The van der Waals surface area contributed by atoms with Crippen LogP contribution in [0.15, 0.2) is 40.9 Å². The number of carboxylic acids is 1. The Morgan fingerprint density at radius 2 is 1.76 bits per heavy atom. The van der Waals surface area contributed by atoms with Crippen LogP contribution in [-0.2, 0) is 4.79 Å². The lowest BCUT2D eigenvalue weighted by molar-refractivity contribution is -0.148. The van der Waals surface area contributed by atoms with Gasteiger partial charge in [-0.1, -0.05) is 28.1 Å². The first kappa shape index (κ1) is 14.1. The SMILES string of the molecule is O=C(NC1(C(=O)O)CCC1)c1ccc2cc(Br)ccc2c1. The van der Waals surface area contributed by atoms with Crippen LogP contribution in [0.1, 0.15) is 29.6 Å². The van der Waals surface area contributed by atoms with Gasteiger partial charge in [0.05, 0.1) is 0 Å². The molecular weight excluding hydrogens is 334 g/mol. The summed E-state index contributed by atoms with van der Waals surface area (Å²) in [6.45, 7) is 0. The Balaban J connectivity index is 1.88. The highest BCUT2D eigenvalue weighted by Crippen LogP contribution is 2.32. The summed E-state index contributed by atoms with van der Waals surface area (Å²) < 4.78 is 0.978. The highest BCUT2D eigenvalue weighted by Gasteiger charge is 2.45. The smallest absolute Gasteiger partial charge is 0.329 e. The second-order valence-electron chi connectivity index (χ2n) is 5.40. The van der Waals surface area contributed by atoms with Crippen LogP contribution in [0.5, 0.6) is 0 Å². The van der Waals surface area contributed by atoms with E-state index in [1.54, 1.807) is 12.1 Å². The Morgan fingerprint density at radius 3 is 2.38 bits per heavy atom. The lowest BCUT2D eigenvalue weighted by atomic mass is 9.76. The molecule has 0 bridgehead atoms. The summed E-state index contributed by atoms with van der Waals surface area (Å²) in [5.74, 6) is -1.28. The number of carbonyl (C=O) groups is 2. The van der Waals surface area contributed by atoms with Gasteiger partial charge in [-0.3, -0.25) is 4.79 Å². The quantitative estimate of drug-likeness (QED) is 0.894. The van der Waals surface area contributed by atoms with Crippen molar-refractivity contribution in [2.24, 2.45) is 0 Å². The largest absolute Gasteiger partial charge is 0.480 e. The molecular formula is C16H14BrNO3. The van der Waals surface area contributed by atoms with Gasteiger partial charge in [0.15, 0.2) is 0 Å². The fourth-order valence-electron chi connectivity index (χ4n) is 2.57. The monoisotopic (exact) mass is 347 g/mol. The molecule has 1 amide bonds. The Labute approximate surface area is 130 Å². The van der Waals surface area contributed by atoms with E-state index in [0.717, 1.165) is 21.7 Å². The first-order valence-corrected chi connectivity index (χ1v) is 7.55. The van der Waals surface area contributed by atoms with Crippen LogP contribution in [-0.4, -0.2) is 22.5 Å². The Kier molecular flexibility index (Phi) is 3.45. The van der Waals surface area contributed by atoms with Crippen molar-refractivity contribution in [3.63, 3.8) is 0 Å². The van der Waals surface area contributed by atoms with Crippen LogP contribution < -0.4 is 5.32 Å². The molecule has 1 aliphatic rings. The van der Waals surface area contributed by atoms with Crippen LogP contribution in [0.2, 0.25) is 0 Å². The van der Waals surface area contributed by atoms with Crippen molar-refractivity contribution in [3.05, 3.63) is 46.4 Å². The van der Waals surface area contributed by atoms with Crippen molar-refractivity contribution in [1.29, 1.82) is 0 Å². The van der Waals surface area contributed by atoms with Crippen molar-refractivity contribution >= 4 is 38.6 Å². The zero-order valence-electron chi connectivity index (χ0n) is 11.2. The molecule has 0 unspecified atom stereocenters. The van der Waals surface area contributed by atoms with Gasteiger partial charge >= 0.3 is 5.97 Å². The fourth-order valence-corrected chi connectivity index (χ4v) is 2.95. The number of carboxylic acid groups (broad SMARTS) is 1. The maximum absolute atomic E-state index is 12.3. The second kappa shape index (κ2) is 5.15. The van der Waals surface area contributed by atoms with Crippen LogP contribution in [0.3, 0.4) is 0 Å². The van der Waals surface area contributed by atoms with Crippen molar-refractivity contribution in [3.8, 4) is 0 Å². The molecule has 2 N–H and O–H groups in total. The molecule has 4 nitrogen and oxygen atoms in total. The molecule has 108 valence electrons. The summed E-state index contributed by atoms with van der Waals surface area (Å²) in [6.07, 6.45) is 1.82. The summed E-state index contributed by atoms with van der Waals surface area (Å²) in [6, 6.07) is 11.2. The average molecular weight is 348 g/mol. The molecule has 0 spiro atoms. The zero-order chi connectivity index (χ0) is 15.0. The lowest BCUT2D eigenvalue weighted by Gasteiger charge is -2.38. The molecule has 1 aliphatic carbocycles. The molecule has 0 radical (unpaired) electrons. The number of hydrogen-bond donors (Lipinski definition) is 2. The molecule has 0 aliphatic heterocycles. The lowest BCUT2D eigenvalue weighted by Crippen LogP contribution is -2.59. The minimum Gasteiger partial charge on any atom is -0.480 e. The molecule has 1 saturated carbocycles. The summed E-state index contributed by atoms with van der Waals surface area (Å²) in [5.41, 5.74) is -0.594. The van der Waals surface area contributed by atoms with Crippen LogP contribution in [0.25, 0.3) is 10.8 Å². The molecule has 0 atom stereocenters. The molecule has 5 heteroatoms. The summed E-state index contributed by atoms with van der Waals surface area (Å²) in [7, 11) is 0. The van der Waals surface area contributed by atoms with Crippen molar-refractivity contribution < 1.29 is 14.7 Å². The minimum absolute atomic E-state index is 0.332. The van der Waals surface area contributed by atoms with Crippen molar-refractivity contribution in [1.82, 2.24) is 5.32 Å². The van der Waals surface area contributed by atoms with E-state index in [9.17, 15) is 14.7 Å². The predicted molar refractivity (Wildman–Crippen MR) is 83.3 cm³/mol. The van der Waals surface area contributed by atoms with Gasteiger partial charge in [-0.25, -0.2) is 4.79 Å². The van der Waals surface area contributed by atoms with Gasteiger partial charge in [0.1, 0.15) is 5.54 Å². The standard InChI is InChI=1S/C16H14BrNO3/c17-13-5-4-10-8-12(3-2-11(10)9-13)14(19)18-16(15(20)21)6-1-7-16/h2-5,8-9H,1,6-7H2,(H,18,19)(H,20,21). The first-order chi connectivity index (χ1) is 10.00. The number of rotatable bonds is 3. The normalized spacial score (nSPS) is 16.2. The average Bonchev–Trinajstić information content (AvgIpc) is 2.41. The van der Waals surface area contributed by atoms with Gasteiger partial charge in [-0.05, 0) is 54.3 Å².